The van der Waals surface area contributed by atoms with Crippen LogP contribution in [-0.4, -0.2) is 39.3 Å². The van der Waals surface area contributed by atoms with E-state index in [-0.39, 0.29) is 5.75 Å². The molecular formula is C19H20BrN5OS. The van der Waals surface area contributed by atoms with E-state index in [0.29, 0.717) is 16.2 Å². The number of rotatable bonds is 6. The van der Waals surface area contributed by atoms with Crippen molar-refractivity contribution >= 4 is 40.0 Å². The Hall–Kier alpha value is -2.45. The molecule has 0 aliphatic heterocycles. The summed E-state index contributed by atoms with van der Waals surface area (Å²) in [6.45, 7) is 5.92. The molecule has 1 heterocycles. The van der Waals surface area contributed by atoms with E-state index in [0.717, 1.165) is 28.8 Å². The van der Waals surface area contributed by atoms with E-state index in [4.69, 9.17) is 12.2 Å². The molecule has 0 radical (unpaired) electrons. The van der Waals surface area contributed by atoms with E-state index < -0.39 is 0 Å². The van der Waals surface area contributed by atoms with Crippen LogP contribution in [0.25, 0.3) is 11.4 Å². The maximum atomic E-state index is 10.4. The lowest BCUT2D eigenvalue weighted by Crippen LogP contribution is -2.21. The minimum atomic E-state index is 0.167. The minimum Gasteiger partial charge on any atom is -0.507 e. The van der Waals surface area contributed by atoms with Crippen LogP contribution in [0.3, 0.4) is 0 Å². The van der Waals surface area contributed by atoms with Crippen LogP contribution >= 0.6 is 28.1 Å². The molecule has 0 bridgehead atoms. The van der Waals surface area contributed by atoms with Crippen molar-refractivity contribution in [2.75, 3.05) is 18.0 Å². The summed E-state index contributed by atoms with van der Waals surface area (Å²) >= 11 is 8.82. The van der Waals surface area contributed by atoms with E-state index in [2.05, 4.69) is 50.0 Å². The number of halogens is 1. The highest BCUT2D eigenvalue weighted by atomic mass is 79.9. The van der Waals surface area contributed by atoms with E-state index in [1.54, 1.807) is 12.3 Å². The van der Waals surface area contributed by atoms with Crippen molar-refractivity contribution in [3.63, 3.8) is 0 Å². The molecule has 0 atom stereocenters. The van der Waals surface area contributed by atoms with Crippen molar-refractivity contribution in [1.82, 2.24) is 14.9 Å². The van der Waals surface area contributed by atoms with Crippen LogP contribution in [0, 0.1) is 4.77 Å². The molecule has 140 valence electrons. The Bertz CT molecular complexity index is 1020. The molecule has 2 aromatic carbocycles. The summed E-state index contributed by atoms with van der Waals surface area (Å²) in [5.41, 5.74) is 2.44. The van der Waals surface area contributed by atoms with Gasteiger partial charge in [0.1, 0.15) is 5.75 Å². The lowest BCUT2D eigenvalue weighted by Gasteiger charge is -2.21. The van der Waals surface area contributed by atoms with Gasteiger partial charge in [-0.15, -0.1) is 0 Å². The Balaban J connectivity index is 1.95. The number of hydrogen-bond acceptors (Lipinski definition) is 5. The van der Waals surface area contributed by atoms with Gasteiger partial charge in [-0.25, -0.2) is 5.10 Å². The SMILES string of the molecule is CCN(CC)c1ccc(/C=N/n2c(-c3ccccc3Br)n[nH]c2=S)c(O)c1. The average molecular weight is 446 g/mol. The zero-order valence-corrected chi connectivity index (χ0v) is 17.5. The standard InChI is InChI=1S/C19H20BrN5OS/c1-3-24(4-2)14-10-9-13(17(26)11-14)12-21-25-18(22-23-19(25)27)15-7-5-6-8-16(15)20/h5-12,26H,3-4H2,1-2H3,(H,23,27)/b21-12+. The van der Waals surface area contributed by atoms with Crippen molar-refractivity contribution < 1.29 is 5.11 Å². The molecule has 6 nitrogen and oxygen atoms in total. The van der Waals surface area contributed by atoms with Crippen LogP contribution in [0.1, 0.15) is 19.4 Å². The fraction of sp³-hybridized carbons (Fsp3) is 0.211. The van der Waals surface area contributed by atoms with E-state index in [1.807, 2.05) is 36.4 Å². The number of hydrogen-bond donors (Lipinski definition) is 2. The monoisotopic (exact) mass is 445 g/mol. The normalized spacial score (nSPS) is 11.2. The Morgan fingerprint density at radius 2 is 2.00 bits per heavy atom. The van der Waals surface area contributed by atoms with E-state index in [1.165, 1.54) is 4.68 Å². The van der Waals surface area contributed by atoms with Gasteiger partial charge in [-0.05, 0) is 50.3 Å². The van der Waals surface area contributed by atoms with Gasteiger partial charge in [-0.3, -0.25) is 0 Å². The van der Waals surface area contributed by atoms with Crippen molar-refractivity contribution in [1.29, 1.82) is 0 Å². The van der Waals surface area contributed by atoms with E-state index >= 15 is 0 Å². The van der Waals surface area contributed by atoms with Crippen LogP contribution in [-0.2, 0) is 0 Å². The summed E-state index contributed by atoms with van der Waals surface area (Å²) in [7, 11) is 0. The topological polar surface area (TPSA) is 69.4 Å². The van der Waals surface area contributed by atoms with Gasteiger partial charge in [-0.2, -0.15) is 14.9 Å². The van der Waals surface area contributed by atoms with Gasteiger partial charge < -0.3 is 10.0 Å². The second-order valence-electron chi connectivity index (χ2n) is 5.80. The maximum Gasteiger partial charge on any atom is 0.216 e. The lowest BCUT2D eigenvalue weighted by atomic mass is 10.2. The number of nitrogens with zero attached hydrogens (tertiary/aromatic N) is 4. The highest BCUT2D eigenvalue weighted by Gasteiger charge is 2.11. The molecule has 0 aliphatic carbocycles. The number of benzene rings is 2. The fourth-order valence-corrected chi connectivity index (χ4v) is 3.40. The van der Waals surface area contributed by atoms with Gasteiger partial charge in [0.25, 0.3) is 0 Å². The van der Waals surface area contributed by atoms with Gasteiger partial charge in [0.2, 0.25) is 4.77 Å². The van der Waals surface area contributed by atoms with Gasteiger partial charge >= 0.3 is 0 Å². The molecule has 0 aliphatic rings. The number of nitrogens with one attached hydrogen (secondary N) is 1. The molecule has 8 heteroatoms. The van der Waals surface area contributed by atoms with Crippen molar-refractivity contribution in [2.24, 2.45) is 5.10 Å². The van der Waals surface area contributed by atoms with Crippen LogP contribution in [0.15, 0.2) is 52.0 Å². The van der Waals surface area contributed by atoms with E-state index in [9.17, 15) is 5.11 Å². The van der Waals surface area contributed by atoms with Gasteiger partial charge in [0.05, 0.1) is 6.21 Å². The number of aromatic amines is 1. The average Bonchev–Trinajstić information content (AvgIpc) is 3.03. The third kappa shape index (κ3) is 4.12. The second kappa shape index (κ2) is 8.49. The molecule has 3 aromatic rings. The van der Waals surface area contributed by atoms with Gasteiger partial charge in [0, 0.05) is 40.4 Å². The first-order chi connectivity index (χ1) is 13.0. The predicted octanol–water partition coefficient (Wildman–Crippen LogP) is 4.80. The molecule has 0 fully saturated rings. The molecule has 0 saturated carbocycles. The predicted molar refractivity (Wildman–Crippen MR) is 115 cm³/mol. The molecule has 27 heavy (non-hydrogen) atoms. The second-order valence-corrected chi connectivity index (χ2v) is 7.05. The number of H-pyrrole nitrogens is 1. The number of phenols is 1. The summed E-state index contributed by atoms with van der Waals surface area (Å²) in [5, 5.41) is 21.8. The lowest BCUT2D eigenvalue weighted by molar-refractivity contribution is 0.474. The van der Waals surface area contributed by atoms with Crippen molar-refractivity contribution in [2.45, 2.75) is 13.8 Å². The van der Waals surface area contributed by atoms with Crippen LogP contribution in [0.5, 0.6) is 5.75 Å². The summed E-state index contributed by atoms with van der Waals surface area (Å²) < 4.78 is 2.80. The molecule has 0 saturated heterocycles. The molecule has 0 spiro atoms. The number of aromatic nitrogens is 3. The quantitative estimate of drug-likeness (QED) is 0.422. The van der Waals surface area contributed by atoms with Crippen LogP contribution in [0.4, 0.5) is 5.69 Å². The Kier molecular flexibility index (Phi) is 6.08. The molecule has 1 aromatic heterocycles. The summed E-state index contributed by atoms with van der Waals surface area (Å²) in [4.78, 5) is 2.16. The molecular weight excluding hydrogens is 426 g/mol. The zero-order valence-electron chi connectivity index (χ0n) is 15.1. The highest BCUT2D eigenvalue weighted by molar-refractivity contribution is 9.10. The highest BCUT2D eigenvalue weighted by Crippen LogP contribution is 2.27. The number of anilines is 1. The summed E-state index contributed by atoms with van der Waals surface area (Å²) in [6.07, 6.45) is 1.58. The largest absolute Gasteiger partial charge is 0.507 e. The van der Waals surface area contributed by atoms with Gasteiger partial charge in [0.15, 0.2) is 5.82 Å². The number of aromatic hydroxyl groups is 1. The Labute approximate surface area is 171 Å². The summed E-state index contributed by atoms with van der Waals surface area (Å²) in [5.74, 6) is 0.753. The number of phenolic OH excluding ortho intramolecular Hbond substituents is 1. The molecule has 2 N–H and O–H groups in total. The fourth-order valence-electron chi connectivity index (χ4n) is 2.76. The smallest absolute Gasteiger partial charge is 0.216 e. The molecule has 0 amide bonds. The first-order valence-electron chi connectivity index (χ1n) is 8.59. The summed E-state index contributed by atoms with van der Waals surface area (Å²) in [6, 6.07) is 13.3. The third-order valence-corrected chi connectivity index (χ3v) is 5.18. The Morgan fingerprint density at radius 3 is 2.67 bits per heavy atom. The first kappa shape index (κ1) is 19.3. The Morgan fingerprint density at radius 1 is 1.26 bits per heavy atom. The van der Waals surface area contributed by atoms with Crippen LogP contribution in [0.2, 0.25) is 0 Å². The zero-order chi connectivity index (χ0) is 19.4. The minimum absolute atomic E-state index is 0.167. The van der Waals surface area contributed by atoms with Gasteiger partial charge in [-0.1, -0.05) is 28.1 Å². The van der Waals surface area contributed by atoms with Crippen molar-refractivity contribution in [3.8, 4) is 17.1 Å². The maximum absolute atomic E-state index is 10.4. The third-order valence-electron chi connectivity index (χ3n) is 4.22. The first-order valence-corrected chi connectivity index (χ1v) is 9.79. The van der Waals surface area contributed by atoms with Crippen molar-refractivity contribution in [3.05, 3.63) is 57.3 Å². The van der Waals surface area contributed by atoms with Crippen LogP contribution < -0.4 is 4.90 Å². The molecule has 3 rings (SSSR count). The molecule has 0 unspecified atom stereocenters.